The SMILES string of the molecule is Cc1cccc(N(C)C(=O)NCC(C)CC(=O)O)c1. The van der Waals surface area contributed by atoms with Crippen LogP contribution in [0.5, 0.6) is 0 Å². The standard InChI is InChI=1S/C14H20N2O3/c1-10-5-4-6-12(7-10)16(3)14(19)15-9-11(2)8-13(17)18/h4-7,11H,8-9H2,1-3H3,(H,15,19)(H,17,18). The number of carboxylic acid groups (broad SMARTS) is 1. The third kappa shape index (κ3) is 4.99. The van der Waals surface area contributed by atoms with Gasteiger partial charge in [-0.15, -0.1) is 0 Å². The first-order valence-electron chi connectivity index (χ1n) is 6.20. The highest BCUT2D eigenvalue weighted by atomic mass is 16.4. The van der Waals surface area contributed by atoms with Crippen molar-refractivity contribution in [3.8, 4) is 0 Å². The lowest BCUT2D eigenvalue weighted by Gasteiger charge is -2.19. The smallest absolute Gasteiger partial charge is 0.321 e. The van der Waals surface area contributed by atoms with Crippen molar-refractivity contribution in [2.75, 3.05) is 18.5 Å². The third-order valence-electron chi connectivity index (χ3n) is 2.82. The van der Waals surface area contributed by atoms with Gasteiger partial charge in [0.1, 0.15) is 0 Å². The van der Waals surface area contributed by atoms with Crippen molar-refractivity contribution in [3.63, 3.8) is 0 Å². The first-order valence-corrected chi connectivity index (χ1v) is 6.20. The maximum atomic E-state index is 11.9. The van der Waals surface area contributed by atoms with Gasteiger partial charge in [-0.25, -0.2) is 4.79 Å². The molecular weight excluding hydrogens is 244 g/mol. The van der Waals surface area contributed by atoms with E-state index in [4.69, 9.17) is 5.11 Å². The number of urea groups is 1. The molecule has 19 heavy (non-hydrogen) atoms. The van der Waals surface area contributed by atoms with Crippen LogP contribution in [0.15, 0.2) is 24.3 Å². The zero-order valence-corrected chi connectivity index (χ0v) is 11.5. The van der Waals surface area contributed by atoms with Crippen LogP contribution in [0.4, 0.5) is 10.5 Å². The Labute approximate surface area is 113 Å². The van der Waals surface area contributed by atoms with E-state index in [1.54, 1.807) is 14.0 Å². The van der Waals surface area contributed by atoms with E-state index in [1.807, 2.05) is 31.2 Å². The minimum atomic E-state index is -0.853. The zero-order chi connectivity index (χ0) is 14.4. The molecule has 1 aromatic rings. The summed E-state index contributed by atoms with van der Waals surface area (Å²) in [7, 11) is 1.69. The fraction of sp³-hybridized carbons (Fsp3) is 0.429. The monoisotopic (exact) mass is 264 g/mol. The van der Waals surface area contributed by atoms with Gasteiger partial charge < -0.3 is 10.4 Å². The van der Waals surface area contributed by atoms with Crippen LogP contribution in [0.25, 0.3) is 0 Å². The first-order chi connectivity index (χ1) is 8.90. The fourth-order valence-corrected chi connectivity index (χ4v) is 1.70. The number of nitrogens with zero attached hydrogens (tertiary/aromatic N) is 1. The second kappa shape index (κ2) is 6.78. The van der Waals surface area contributed by atoms with Crippen LogP contribution in [0.1, 0.15) is 18.9 Å². The highest BCUT2D eigenvalue weighted by Crippen LogP contribution is 2.14. The number of anilines is 1. The average Bonchev–Trinajstić information content (AvgIpc) is 2.34. The Kier molecular flexibility index (Phi) is 5.36. The van der Waals surface area contributed by atoms with Crippen LogP contribution in [0.2, 0.25) is 0 Å². The summed E-state index contributed by atoms with van der Waals surface area (Å²) in [6.07, 6.45) is 0.0500. The van der Waals surface area contributed by atoms with Gasteiger partial charge in [0.15, 0.2) is 0 Å². The zero-order valence-electron chi connectivity index (χ0n) is 11.5. The number of aliphatic carboxylic acids is 1. The van der Waals surface area contributed by atoms with Gasteiger partial charge in [-0.05, 0) is 30.5 Å². The van der Waals surface area contributed by atoms with Gasteiger partial charge in [0.25, 0.3) is 0 Å². The van der Waals surface area contributed by atoms with E-state index < -0.39 is 5.97 Å². The van der Waals surface area contributed by atoms with Gasteiger partial charge >= 0.3 is 12.0 Å². The summed E-state index contributed by atoms with van der Waals surface area (Å²) in [5.74, 6) is -0.943. The Morgan fingerprint density at radius 1 is 1.42 bits per heavy atom. The number of hydrogen-bond donors (Lipinski definition) is 2. The lowest BCUT2D eigenvalue weighted by atomic mass is 10.1. The molecule has 0 aliphatic heterocycles. The lowest BCUT2D eigenvalue weighted by Crippen LogP contribution is -2.39. The Bertz CT molecular complexity index is 460. The lowest BCUT2D eigenvalue weighted by molar-refractivity contribution is -0.137. The molecule has 0 saturated heterocycles. The molecule has 2 amide bonds. The fourth-order valence-electron chi connectivity index (χ4n) is 1.70. The number of carbonyl (C=O) groups excluding carboxylic acids is 1. The van der Waals surface area contributed by atoms with Gasteiger partial charge in [0.05, 0.1) is 0 Å². The van der Waals surface area contributed by atoms with Crippen LogP contribution < -0.4 is 10.2 Å². The Balaban J connectivity index is 2.51. The number of aryl methyl sites for hydroxylation is 1. The van der Waals surface area contributed by atoms with Crippen LogP contribution in [-0.4, -0.2) is 30.7 Å². The molecule has 0 aromatic heterocycles. The number of hydrogen-bond acceptors (Lipinski definition) is 2. The first kappa shape index (κ1) is 15.0. The van der Waals surface area contributed by atoms with Gasteiger partial charge in [-0.1, -0.05) is 19.1 Å². The maximum Gasteiger partial charge on any atom is 0.321 e. The number of carbonyl (C=O) groups is 2. The van der Waals surface area contributed by atoms with E-state index in [2.05, 4.69) is 5.32 Å². The highest BCUT2D eigenvalue weighted by Gasteiger charge is 2.13. The van der Waals surface area contributed by atoms with Crippen molar-refractivity contribution in [2.45, 2.75) is 20.3 Å². The van der Waals surface area contributed by atoms with Crippen LogP contribution in [-0.2, 0) is 4.79 Å². The highest BCUT2D eigenvalue weighted by molar-refractivity contribution is 5.91. The topological polar surface area (TPSA) is 69.6 Å². The molecule has 0 aliphatic carbocycles. The minimum absolute atomic E-state index is 0.0500. The molecule has 1 rings (SSSR count). The average molecular weight is 264 g/mol. The molecule has 0 radical (unpaired) electrons. The summed E-state index contributed by atoms with van der Waals surface area (Å²) in [6.45, 7) is 4.10. The van der Waals surface area contributed by atoms with Crippen molar-refractivity contribution < 1.29 is 14.7 Å². The number of amides is 2. The van der Waals surface area contributed by atoms with Crippen molar-refractivity contribution >= 4 is 17.7 Å². The summed E-state index contributed by atoms with van der Waals surface area (Å²) < 4.78 is 0. The predicted molar refractivity (Wildman–Crippen MR) is 74.4 cm³/mol. The van der Waals surface area contributed by atoms with Crippen LogP contribution >= 0.6 is 0 Å². The second-order valence-corrected chi connectivity index (χ2v) is 4.79. The number of nitrogens with one attached hydrogen (secondary N) is 1. The number of benzene rings is 1. The molecular formula is C14H20N2O3. The normalized spacial score (nSPS) is 11.7. The largest absolute Gasteiger partial charge is 0.481 e. The van der Waals surface area contributed by atoms with E-state index in [0.717, 1.165) is 11.3 Å². The van der Waals surface area contributed by atoms with Gasteiger partial charge in [0.2, 0.25) is 0 Å². The Hall–Kier alpha value is -2.04. The summed E-state index contributed by atoms with van der Waals surface area (Å²) in [5.41, 5.74) is 1.89. The van der Waals surface area contributed by atoms with E-state index in [-0.39, 0.29) is 18.4 Å². The Morgan fingerprint density at radius 2 is 2.11 bits per heavy atom. The van der Waals surface area contributed by atoms with E-state index in [1.165, 1.54) is 4.90 Å². The van der Waals surface area contributed by atoms with Crippen molar-refractivity contribution in [1.29, 1.82) is 0 Å². The van der Waals surface area contributed by atoms with Gasteiger partial charge in [-0.2, -0.15) is 0 Å². The molecule has 1 aromatic carbocycles. The molecule has 0 aliphatic rings. The molecule has 1 atom stereocenters. The van der Waals surface area contributed by atoms with Gasteiger partial charge in [0, 0.05) is 25.7 Å². The van der Waals surface area contributed by atoms with Crippen LogP contribution in [0.3, 0.4) is 0 Å². The minimum Gasteiger partial charge on any atom is -0.481 e. The molecule has 0 spiro atoms. The number of rotatable bonds is 5. The number of carboxylic acids is 1. The van der Waals surface area contributed by atoms with E-state index in [0.29, 0.717) is 6.54 Å². The third-order valence-corrected chi connectivity index (χ3v) is 2.82. The van der Waals surface area contributed by atoms with Crippen molar-refractivity contribution in [2.24, 2.45) is 5.92 Å². The molecule has 0 fully saturated rings. The van der Waals surface area contributed by atoms with Crippen molar-refractivity contribution in [1.82, 2.24) is 5.32 Å². The second-order valence-electron chi connectivity index (χ2n) is 4.79. The molecule has 2 N–H and O–H groups in total. The van der Waals surface area contributed by atoms with Crippen molar-refractivity contribution in [3.05, 3.63) is 29.8 Å². The molecule has 5 nitrogen and oxygen atoms in total. The molecule has 0 saturated carbocycles. The van der Waals surface area contributed by atoms with E-state index >= 15 is 0 Å². The predicted octanol–water partition coefficient (Wildman–Crippen LogP) is 2.25. The molecule has 0 bridgehead atoms. The summed E-state index contributed by atoms with van der Waals surface area (Å²) in [4.78, 5) is 24.0. The molecule has 104 valence electrons. The van der Waals surface area contributed by atoms with Gasteiger partial charge in [-0.3, -0.25) is 9.69 Å². The Morgan fingerprint density at radius 3 is 2.68 bits per heavy atom. The van der Waals surface area contributed by atoms with Crippen LogP contribution in [0, 0.1) is 12.8 Å². The molecule has 5 heteroatoms. The molecule has 0 heterocycles. The molecule has 1 unspecified atom stereocenters. The quantitative estimate of drug-likeness (QED) is 0.857. The summed E-state index contributed by atoms with van der Waals surface area (Å²) >= 11 is 0. The summed E-state index contributed by atoms with van der Waals surface area (Å²) in [5, 5.41) is 11.4. The summed E-state index contributed by atoms with van der Waals surface area (Å²) in [6, 6.07) is 7.39. The maximum absolute atomic E-state index is 11.9. The van der Waals surface area contributed by atoms with E-state index in [9.17, 15) is 9.59 Å².